The van der Waals surface area contributed by atoms with Crippen molar-refractivity contribution in [2.45, 2.75) is 12.2 Å². The van der Waals surface area contributed by atoms with Crippen molar-refractivity contribution >= 4 is 51.8 Å². The first-order chi connectivity index (χ1) is 15.6. The molecule has 32 heavy (non-hydrogen) atoms. The third kappa shape index (κ3) is 5.67. The number of urea groups is 1. The zero-order valence-electron chi connectivity index (χ0n) is 17.5. The second-order valence-electron chi connectivity index (χ2n) is 7.16. The van der Waals surface area contributed by atoms with Crippen molar-refractivity contribution in [3.8, 4) is 0 Å². The number of anilines is 3. The molecule has 0 saturated heterocycles. The van der Waals surface area contributed by atoms with Crippen LogP contribution in [0.3, 0.4) is 0 Å². The minimum absolute atomic E-state index is 0.0582. The summed E-state index contributed by atoms with van der Waals surface area (Å²) in [7, 11) is 0. The molecule has 0 aliphatic heterocycles. The van der Waals surface area contributed by atoms with Gasteiger partial charge in [-0.3, -0.25) is 4.79 Å². The number of benzene rings is 3. The Morgan fingerprint density at radius 1 is 0.844 bits per heavy atom. The lowest BCUT2D eigenvalue weighted by atomic mass is 10.3. The molecule has 1 unspecified atom stereocenters. The highest BCUT2D eigenvalue weighted by Crippen LogP contribution is 2.27. The molecule has 3 aromatic carbocycles. The fourth-order valence-electron chi connectivity index (χ4n) is 3.09. The van der Waals surface area contributed by atoms with Gasteiger partial charge >= 0.3 is 6.03 Å². The number of carbonyl (C=O) groups excluding carboxylic acids is 2. The van der Waals surface area contributed by atoms with Gasteiger partial charge in [-0.1, -0.05) is 30.3 Å². The van der Waals surface area contributed by atoms with E-state index in [4.69, 9.17) is 0 Å². The molecule has 0 saturated carbocycles. The Kier molecular flexibility index (Phi) is 6.72. The predicted molar refractivity (Wildman–Crippen MR) is 131 cm³/mol. The molecular weight excluding hydrogens is 422 g/mol. The number of aromatic amines is 1. The second-order valence-corrected chi connectivity index (χ2v) is 8.49. The van der Waals surface area contributed by atoms with Gasteiger partial charge in [-0.25, -0.2) is 9.78 Å². The topological polar surface area (TPSA) is 98.9 Å². The van der Waals surface area contributed by atoms with Gasteiger partial charge in [0.05, 0.1) is 22.0 Å². The van der Waals surface area contributed by atoms with Crippen molar-refractivity contribution in [3.63, 3.8) is 0 Å². The summed E-state index contributed by atoms with van der Waals surface area (Å²) in [4.78, 5) is 32.3. The van der Waals surface area contributed by atoms with Crippen LogP contribution in [-0.2, 0) is 4.79 Å². The Bertz CT molecular complexity index is 1180. The molecule has 0 fully saturated rings. The van der Waals surface area contributed by atoms with Gasteiger partial charge in [0, 0.05) is 17.1 Å². The Morgan fingerprint density at radius 3 is 2.12 bits per heavy atom. The average Bonchev–Trinajstić information content (AvgIpc) is 3.24. The number of para-hydroxylation sites is 3. The fraction of sp³-hybridized carbons (Fsp3) is 0.125. The molecule has 3 amide bonds. The van der Waals surface area contributed by atoms with Gasteiger partial charge in [-0.05, 0) is 55.5 Å². The van der Waals surface area contributed by atoms with E-state index in [0.29, 0.717) is 22.8 Å². The molecule has 0 radical (unpaired) electrons. The molecule has 8 heteroatoms. The zero-order chi connectivity index (χ0) is 22.3. The van der Waals surface area contributed by atoms with E-state index in [2.05, 4.69) is 25.9 Å². The van der Waals surface area contributed by atoms with Crippen molar-refractivity contribution in [1.29, 1.82) is 0 Å². The number of nitrogens with zero attached hydrogens (tertiary/aromatic N) is 1. The average molecular weight is 446 g/mol. The number of imidazole rings is 1. The summed E-state index contributed by atoms with van der Waals surface area (Å²) in [5, 5.41) is 8.45. The first-order valence-corrected chi connectivity index (χ1v) is 11.2. The first-order valence-electron chi connectivity index (χ1n) is 10.2. The van der Waals surface area contributed by atoms with Gasteiger partial charge in [0.1, 0.15) is 5.82 Å². The normalized spacial score (nSPS) is 11.7. The van der Waals surface area contributed by atoms with Crippen molar-refractivity contribution in [2.75, 3.05) is 21.7 Å². The van der Waals surface area contributed by atoms with Crippen LogP contribution < -0.4 is 16.0 Å². The number of carbonyl (C=O) groups is 2. The lowest BCUT2D eigenvalue weighted by Crippen LogP contribution is -2.19. The highest BCUT2D eigenvalue weighted by molar-refractivity contribution is 8.00. The monoisotopic (exact) mass is 445 g/mol. The number of hydrogen-bond acceptors (Lipinski definition) is 4. The zero-order valence-corrected chi connectivity index (χ0v) is 18.3. The van der Waals surface area contributed by atoms with Gasteiger partial charge in [0.2, 0.25) is 5.91 Å². The number of H-pyrrole nitrogens is 1. The van der Waals surface area contributed by atoms with Gasteiger partial charge < -0.3 is 20.9 Å². The number of fused-ring (bicyclic) bond motifs is 1. The highest BCUT2D eigenvalue weighted by Gasteiger charge is 2.13. The number of hydrogen-bond donors (Lipinski definition) is 4. The molecule has 0 bridgehead atoms. The molecule has 4 N–H and O–H groups in total. The minimum Gasteiger partial charge on any atom is -0.341 e. The van der Waals surface area contributed by atoms with Crippen LogP contribution >= 0.6 is 11.8 Å². The largest absolute Gasteiger partial charge is 0.341 e. The first kappa shape index (κ1) is 21.5. The van der Waals surface area contributed by atoms with Crippen LogP contribution in [0.4, 0.5) is 21.9 Å². The van der Waals surface area contributed by atoms with Crippen LogP contribution in [0, 0.1) is 0 Å². The van der Waals surface area contributed by atoms with E-state index < -0.39 is 0 Å². The Hall–Kier alpha value is -3.78. The van der Waals surface area contributed by atoms with Gasteiger partial charge in [-0.2, -0.15) is 0 Å². The fourth-order valence-corrected chi connectivity index (χ4v) is 3.84. The summed E-state index contributed by atoms with van der Waals surface area (Å²) in [6.45, 7) is 2.02. The lowest BCUT2D eigenvalue weighted by molar-refractivity contribution is -0.113. The van der Waals surface area contributed by atoms with Gasteiger partial charge in [0.15, 0.2) is 0 Å². The third-order valence-electron chi connectivity index (χ3n) is 4.72. The molecule has 0 aliphatic rings. The molecule has 7 nitrogen and oxygen atoms in total. The van der Waals surface area contributed by atoms with E-state index in [1.165, 1.54) is 11.8 Å². The number of rotatable bonds is 7. The van der Waals surface area contributed by atoms with Gasteiger partial charge in [0.25, 0.3) is 0 Å². The van der Waals surface area contributed by atoms with E-state index >= 15 is 0 Å². The van der Waals surface area contributed by atoms with Crippen LogP contribution in [0.1, 0.15) is 18.0 Å². The Balaban J connectivity index is 1.24. The predicted octanol–water partition coefficient (Wildman–Crippen LogP) is 5.64. The minimum atomic E-state index is -0.330. The maximum atomic E-state index is 12.3. The van der Waals surface area contributed by atoms with Crippen LogP contribution in [0.2, 0.25) is 0 Å². The molecule has 1 aromatic heterocycles. The molecular formula is C24H23N5O2S. The Morgan fingerprint density at radius 2 is 1.44 bits per heavy atom. The summed E-state index contributed by atoms with van der Waals surface area (Å²) in [5.41, 5.74) is 3.92. The second kappa shape index (κ2) is 10.0. The molecule has 1 atom stereocenters. The summed E-state index contributed by atoms with van der Waals surface area (Å²) in [6.07, 6.45) is 0. The maximum absolute atomic E-state index is 12.3. The van der Waals surface area contributed by atoms with Gasteiger partial charge in [-0.15, -0.1) is 11.8 Å². The summed E-state index contributed by atoms with van der Waals surface area (Å²) >= 11 is 1.51. The molecule has 162 valence electrons. The number of aromatic nitrogens is 2. The number of nitrogens with one attached hydrogen (secondary N) is 4. The molecule has 4 aromatic rings. The maximum Gasteiger partial charge on any atom is 0.323 e. The molecule has 0 aliphatic carbocycles. The van der Waals surface area contributed by atoms with E-state index in [1.54, 1.807) is 24.3 Å². The molecule has 0 spiro atoms. The van der Waals surface area contributed by atoms with Crippen molar-refractivity contribution in [1.82, 2.24) is 9.97 Å². The smallest absolute Gasteiger partial charge is 0.323 e. The molecule has 1 heterocycles. The summed E-state index contributed by atoms with van der Waals surface area (Å²) in [5.74, 6) is 1.06. The standard InChI is InChI=1S/C24H23N5O2S/c1-16(23-28-20-9-5-6-10-21(20)29-23)32-15-22(30)25-18-11-13-19(14-12-18)27-24(31)26-17-7-3-2-4-8-17/h2-14,16H,15H2,1H3,(H,25,30)(H,28,29)(H2,26,27,31). The van der Waals surface area contributed by atoms with Crippen molar-refractivity contribution < 1.29 is 9.59 Å². The van der Waals surface area contributed by atoms with Crippen molar-refractivity contribution in [3.05, 3.63) is 84.7 Å². The SMILES string of the molecule is CC(SCC(=O)Nc1ccc(NC(=O)Nc2ccccc2)cc1)c1nc2ccccc2[nH]1. The number of amides is 3. The van der Waals surface area contributed by atoms with Crippen LogP contribution in [-0.4, -0.2) is 27.7 Å². The molecule has 4 rings (SSSR count). The quantitative estimate of drug-likeness (QED) is 0.296. The highest BCUT2D eigenvalue weighted by atomic mass is 32.2. The number of thioether (sulfide) groups is 1. The summed E-state index contributed by atoms with van der Waals surface area (Å²) < 4.78 is 0. The lowest BCUT2D eigenvalue weighted by Gasteiger charge is -2.10. The van der Waals surface area contributed by atoms with Crippen LogP contribution in [0.5, 0.6) is 0 Å². The summed E-state index contributed by atoms with van der Waals surface area (Å²) in [6, 6.07) is 23.7. The van der Waals surface area contributed by atoms with Crippen molar-refractivity contribution in [2.24, 2.45) is 0 Å². The van der Waals surface area contributed by atoms with Crippen LogP contribution in [0.15, 0.2) is 78.9 Å². The van der Waals surface area contributed by atoms with E-state index in [0.717, 1.165) is 16.9 Å². The Labute approximate surface area is 190 Å². The van der Waals surface area contributed by atoms with E-state index in [1.807, 2.05) is 61.5 Å². The van der Waals surface area contributed by atoms with E-state index in [-0.39, 0.29) is 17.2 Å². The van der Waals surface area contributed by atoms with E-state index in [9.17, 15) is 9.59 Å². The van der Waals surface area contributed by atoms with Crippen LogP contribution in [0.25, 0.3) is 11.0 Å². The third-order valence-corrected chi connectivity index (χ3v) is 5.87.